The number of benzene rings is 1. The standard InChI is InChI=1S/C19H28ClN3O2S/c1-19(2)8-11-23(12-13-26(19)25)18(24)21-16-14-15(20)6-7-17(16)22-9-4-3-5-10-22/h6-7,14H,3-5,8-13H2,1-2H3,(H,21,24)/t26-/m1/s1. The fraction of sp³-hybridized carbons (Fsp3) is 0.632. The first-order chi connectivity index (χ1) is 12.4. The molecule has 0 aliphatic carbocycles. The molecule has 0 spiro atoms. The van der Waals surface area contributed by atoms with E-state index in [9.17, 15) is 9.00 Å². The lowest BCUT2D eigenvalue weighted by Gasteiger charge is -2.31. The highest BCUT2D eigenvalue weighted by atomic mass is 35.5. The number of hydrogen-bond donors (Lipinski definition) is 1. The zero-order chi connectivity index (χ0) is 18.7. The monoisotopic (exact) mass is 397 g/mol. The molecular formula is C19H28ClN3O2S. The van der Waals surface area contributed by atoms with Crippen LogP contribution in [0.15, 0.2) is 18.2 Å². The molecule has 0 saturated carbocycles. The Balaban J connectivity index is 1.74. The van der Waals surface area contributed by atoms with Crippen molar-refractivity contribution in [2.45, 2.75) is 44.3 Å². The molecule has 2 heterocycles. The zero-order valence-electron chi connectivity index (χ0n) is 15.6. The minimum atomic E-state index is -0.915. The normalized spacial score (nSPS) is 23.4. The van der Waals surface area contributed by atoms with E-state index in [0.717, 1.165) is 30.9 Å². The van der Waals surface area contributed by atoms with Gasteiger partial charge in [0.15, 0.2) is 0 Å². The maximum absolute atomic E-state index is 12.8. The van der Waals surface area contributed by atoms with Gasteiger partial charge >= 0.3 is 6.03 Å². The predicted octanol–water partition coefficient (Wildman–Crippen LogP) is 4.10. The molecule has 26 heavy (non-hydrogen) atoms. The summed E-state index contributed by atoms with van der Waals surface area (Å²) in [6, 6.07) is 5.55. The van der Waals surface area contributed by atoms with Crippen LogP contribution in [0.5, 0.6) is 0 Å². The van der Waals surface area contributed by atoms with Gasteiger partial charge in [-0.05, 0) is 57.7 Å². The van der Waals surface area contributed by atoms with Crippen molar-refractivity contribution in [3.63, 3.8) is 0 Å². The van der Waals surface area contributed by atoms with Gasteiger partial charge in [-0.25, -0.2) is 4.79 Å². The molecule has 2 amide bonds. The number of carbonyl (C=O) groups excluding carboxylic acids is 1. The SMILES string of the molecule is CC1(C)CCN(C(=O)Nc2cc(Cl)ccc2N2CCCCC2)CC[S@]1=O. The molecular weight excluding hydrogens is 370 g/mol. The van der Waals surface area contributed by atoms with Crippen molar-refractivity contribution in [1.82, 2.24) is 4.90 Å². The fourth-order valence-electron chi connectivity index (χ4n) is 3.52. The molecule has 3 rings (SSSR count). The van der Waals surface area contributed by atoms with Crippen molar-refractivity contribution < 1.29 is 9.00 Å². The molecule has 1 atom stereocenters. The molecule has 2 fully saturated rings. The smallest absolute Gasteiger partial charge is 0.321 e. The van der Waals surface area contributed by atoms with Crippen molar-refractivity contribution in [2.75, 3.05) is 42.1 Å². The summed E-state index contributed by atoms with van der Waals surface area (Å²) in [6.45, 7) is 7.15. The van der Waals surface area contributed by atoms with Crippen LogP contribution in [0.3, 0.4) is 0 Å². The predicted molar refractivity (Wildman–Crippen MR) is 110 cm³/mol. The number of urea groups is 1. The molecule has 7 heteroatoms. The van der Waals surface area contributed by atoms with Gasteiger partial charge in [0.25, 0.3) is 0 Å². The molecule has 1 N–H and O–H groups in total. The van der Waals surface area contributed by atoms with E-state index < -0.39 is 10.8 Å². The Morgan fingerprint density at radius 2 is 1.88 bits per heavy atom. The van der Waals surface area contributed by atoms with E-state index in [4.69, 9.17) is 11.6 Å². The summed E-state index contributed by atoms with van der Waals surface area (Å²) in [7, 11) is -0.915. The number of hydrogen-bond acceptors (Lipinski definition) is 3. The minimum absolute atomic E-state index is 0.139. The van der Waals surface area contributed by atoms with Crippen LogP contribution in [-0.4, -0.2) is 51.8 Å². The van der Waals surface area contributed by atoms with E-state index in [1.807, 2.05) is 32.0 Å². The van der Waals surface area contributed by atoms with Crippen LogP contribution < -0.4 is 10.2 Å². The molecule has 0 unspecified atom stereocenters. The number of halogens is 1. The number of piperidine rings is 1. The molecule has 5 nitrogen and oxygen atoms in total. The first-order valence-electron chi connectivity index (χ1n) is 9.36. The Morgan fingerprint density at radius 3 is 2.62 bits per heavy atom. The van der Waals surface area contributed by atoms with Crippen LogP contribution in [0.1, 0.15) is 39.5 Å². The third kappa shape index (κ3) is 4.52. The summed E-state index contributed by atoms with van der Waals surface area (Å²) >= 11 is 6.18. The molecule has 0 bridgehead atoms. The second kappa shape index (κ2) is 8.17. The van der Waals surface area contributed by atoms with Crippen molar-refractivity contribution >= 4 is 39.8 Å². The minimum Gasteiger partial charge on any atom is -0.370 e. The molecule has 144 valence electrons. The Bertz CT molecular complexity index is 689. The molecule has 1 aromatic rings. The second-order valence-electron chi connectivity index (χ2n) is 7.69. The number of nitrogens with one attached hydrogen (secondary N) is 1. The van der Waals surface area contributed by atoms with Crippen molar-refractivity contribution in [3.05, 3.63) is 23.2 Å². The Labute approximate surface area is 163 Å². The lowest BCUT2D eigenvalue weighted by atomic mass is 10.1. The summed E-state index contributed by atoms with van der Waals surface area (Å²) < 4.78 is 12.1. The first kappa shape index (κ1) is 19.5. The summed E-state index contributed by atoms with van der Waals surface area (Å²) in [5.41, 5.74) is 1.79. The topological polar surface area (TPSA) is 52.7 Å². The third-order valence-corrected chi connectivity index (χ3v) is 7.56. The van der Waals surface area contributed by atoms with Crippen molar-refractivity contribution in [1.29, 1.82) is 0 Å². The van der Waals surface area contributed by atoms with E-state index in [1.165, 1.54) is 19.3 Å². The van der Waals surface area contributed by atoms with E-state index in [0.29, 0.717) is 23.9 Å². The van der Waals surface area contributed by atoms with E-state index >= 15 is 0 Å². The number of rotatable bonds is 2. The van der Waals surface area contributed by atoms with Gasteiger partial charge in [-0.3, -0.25) is 4.21 Å². The van der Waals surface area contributed by atoms with Gasteiger partial charge in [0, 0.05) is 52.5 Å². The molecule has 0 radical (unpaired) electrons. The second-order valence-corrected chi connectivity index (χ2v) is 10.3. The van der Waals surface area contributed by atoms with Crippen LogP contribution in [-0.2, 0) is 10.8 Å². The summed E-state index contributed by atoms with van der Waals surface area (Å²) in [4.78, 5) is 16.9. The van der Waals surface area contributed by atoms with Gasteiger partial charge in [-0.2, -0.15) is 0 Å². The number of nitrogens with zero attached hydrogens (tertiary/aromatic N) is 2. The fourth-order valence-corrected chi connectivity index (χ4v) is 4.95. The van der Waals surface area contributed by atoms with Gasteiger partial charge < -0.3 is 15.1 Å². The molecule has 2 aliphatic rings. The summed E-state index contributed by atoms with van der Waals surface area (Å²) in [5.74, 6) is 0.523. The summed E-state index contributed by atoms with van der Waals surface area (Å²) in [5, 5.41) is 3.66. The number of anilines is 2. The van der Waals surface area contributed by atoms with E-state index in [1.54, 1.807) is 4.90 Å². The van der Waals surface area contributed by atoms with E-state index in [2.05, 4.69) is 10.2 Å². The average molecular weight is 398 g/mol. The number of amides is 2. The Hall–Kier alpha value is -1.27. The highest BCUT2D eigenvalue weighted by Crippen LogP contribution is 2.32. The van der Waals surface area contributed by atoms with Gasteiger partial charge in [-0.15, -0.1) is 0 Å². The van der Waals surface area contributed by atoms with E-state index in [-0.39, 0.29) is 10.8 Å². The third-order valence-electron chi connectivity index (χ3n) is 5.33. The summed E-state index contributed by atoms with van der Waals surface area (Å²) in [6.07, 6.45) is 4.33. The first-order valence-corrected chi connectivity index (χ1v) is 11.1. The lowest BCUT2D eigenvalue weighted by molar-refractivity contribution is 0.214. The number of carbonyl (C=O) groups is 1. The van der Waals surface area contributed by atoms with Crippen LogP contribution in [0.2, 0.25) is 5.02 Å². The Morgan fingerprint density at radius 1 is 1.15 bits per heavy atom. The van der Waals surface area contributed by atoms with Crippen LogP contribution in [0.25, 0.3) is 0 Å². The van der Waals surface area contributed by atoms with Crippen molar-refractivity contribution in [3.8, 4) is 0 Å². The molecule has 2 aliphatic heterocycles. The average Bonchev–Trinajstić information content (AvgIpc) is 2.75. The largest absolute Gasteiger partial charge is 0.370 e. The molecule has 0 aromatic heterocycles. The molecule has 1 aromatic carbocycles. The zero-order valence-corrected chi connectivity index (χ0v) is 17.2. The maximum Gasteiger partial charge on any atom is 0.321 e. The maximum atomic E-state index is 12.8. The van der Waals surface area contributed by atoms with Gasteiger partial charge in [-0.1, -0.05) is 11.6 Å². The highest BCUT2D eigenvalue weighted by Gasteiger charge is 2.31. The van der Waals surface area contributed by atoms with Crippen LogP contribution in [0, 0.1) is 0 Å². The van der Waals surface area contributed by atoms with Crippen LogP contribution >= 0.6 is 11.6 Å². The molecule has 2 saturated heterocycles. The Kier molecular flexibility index (Phi) is 6.13. The van der Waals surface area contributed by atoms with Gasteiger partial charge in [0.2, 0.25) is 0 Å². The van der Waals surface area contributed by atoms with Crippen molar-refractivity contribution in [2.24, 2.45) is 0 Å². The lowest BCUT2D eigenvalue weighted by Crippen LogP contribution is -2.38. The van der Waals surface area contributed by atoms with Gasteiger partial charge in [0.05, 0.1) is 11.4 Å². The van der Waals surface area contributed by atoms with Crippen LogP contribution in [0.4, 0.5) is 16.2 Å². The highest BCUT2D eigenvalue weighted by molar-refractivity contribution is 7.86. The quantitative estimate of drug-likeness (QED) is 0.817. The van der Waals surface area contributed by atoms with Gasteiger partial charge in [0.1, 0.15) is 0 Å².